The molecule has 5 nitrogen and oxygen atoms in total. The first-order valence-electron chi connectivity index (χ1n) is 5.49. The summed E-state index contributed by atoms with van der Waals surface area (Å²) in [5.41, 5.74) is 0.820. The highest BCUT2D eigenvalue weighted by molar-refractivity contribution is 8.00. The maximum Gasteiger partial charge on any atom is 0.317 e. The molecule has 0 fully saturated rings. The van der Waals surface area contributed by atoms with Crippen molar-refractivity contribution in [2.45, 2.75) is 23.8 Å². The second-order valence-corrected chi connectivity index (χ2v) is 4.75. The van der Waals surface area contributed by atoms with Gasteiger partial charge in [0, 0.05) is 5.56 Å². The first-order chi connectivity index (χ1) is 8.70. The van der Waals surface area contributed by atoms with Crippen LogP contribution in [0.3, 0.4) is 0 Å². The number of carboxylic acid groups (broad SMARTS) is 1. The summed E-state index contributed by atoms with van der Waals surface area (Å²) < 4.78 is 5.43. The Morgan fingerprint density at radius 2 is 2.11 bits per heavy atom. The van der Waals surface area contributed by atoms with E-state index >= 15 is 0 Å². The van der Waals surface area contributed by atoms with Crippen LogP contribution < -0.4 is 0 Å². The fourth-order valence-corrected chi connectivity index (χ4v) is 2.11. The number of benzene rings is 1. The van der Waals surface area contributed by atoms with E-state index in [-0.39, 0.29) is 5.22 Å². The van der Waals surface area contributed by atoms with Crippen LogP contribution in [0.4, 0.5) is 0 Å². The Morgan fingerprint density at radius 3 is 2.72 bits per heavy atom. The van der Waals surface area contributed by atoms with E-state index < -0.39 is 11.2 Å². The van der Waals surface area contributed by atoms with Gasteiger partial charge in [-0.25, -0.2) is 0 Å². The van der Waals surface area contributed by atoms with E-state index in [0.717, 1.165) is 17.3 Å². The molecule has 1 aromatic carbocycles. The van der Waals surface area contributed by atoms with Crippen LogP contribution in [0.25, 0.3) is 11.5 Å². The summed E-state index contributed by atoms with van der Waals surface area (Å²) in [6.07, 6.45) is 0.503. The van der Waals surface area contributed by atoms with Gasteiger partial charge in [-0.3, -0.25) is 4.79 Å². The van der Waals surface area contributed by atoms with Gasteiger partial charge in [0.05, 0.1) is 0 Å². The Hall–Kier alpha value is -1.82. The normalized spacial score (nSPS) is 12.3. The molecule has 2 aromatic rings. The molecule has 2 rings (SSSR count). The van der Waals surface area contributed by atoms with Gasteiger partial charge in [-0.1, -0.05) is 36.9 Å². The minimum Gasteiger partial charge on any atom is -0.480 e. The average Bonchev–Trinajstić information content (AvgIpc) is 2.85. The molecule has 18 heavy (non-hydrogen) atoms. The smallest absolute Gasteiger partial charge is 0.317 e. The van der Waals surface area contributed by atoms with Crippen molar-refractivity contribution in [2.75, 3.05) is 0 Å². The van der Waals surface area contributed by atoms with E-state index in [1.165, 1.54) is 0 Å². The molecule has 0 saturated heterocycles. The summed E-state index contributed by atoms with van der Waals surface area (Å²) in [6, 6.07) is 9.36. The van der Waals surface area contributed by atoms with Crippen LogP contribution in [0, 0.1) is 0 Å². The summed E-state index contributed by atoms with van der Waals surface area (Å²) in [6.45, 7) is 1.81. The molecule has 1 N–H and O–H groups in total. The summed E-state index contributed by atoms with van der Waals surface area (Å²) in [5.74, 6) is -0.472. The number of nitrogens with zero attached hydrogens (tertiary/aromatic N) is 2. The van der Waals surface area contributed by atoms with Gasteiger partial charge in [-0.2, -0.15) is 0 Å². The van der Waals surface area contributed by atoms with Crippen molar-refractivity contribution in [3.63, 3.8) is 0 Å². The van der Waals surface area contributed by atoms with E-state index in [1.807, 2.05) is 30.3 Å². The molecule has 0 amide bonds. The van der Waals surface area contributed by atoms with Crippen molar-refractivity contribution in [2.24, 2.45) is 0 Å². The lowest BCUT2D eigenvalue weighted by atomic mass is 10.2. The highest BCUT2D eigenvalue weighted by Gasteiger charge is 2.20. The van der Waals surface area contributed by atoms with E-state index in [1.54, 1.807) is 6.92 Å². The van der Waals surface area contributed by atoms with Crippen LogP contribution in [0.2, 0.25) is 0 Å². The average molecular weight is 264 g/mol. The van der Waals surface area contributed by atoms with E-state index in [2.05, 4.69) is 10.2 Å². The van der Waals surface area contributed by atoms with Crippen molar-refractivity contribution in [3.8, 4) is 11.5 Å². The van der Waals surface area contributed by atoms with E-state index in [0.29, 0.717) is 12.3 Å². The predicted octanol–water partition coefficient (Wildman–Crippen LogP) is 2.69. The zero-order valence-electron chi connectivity index (χ0n) is 9.74. The fourth-order valence-electron chi connectivity index (χ4n) is 1.38. The van der Waals surface area contributed by atoms with Crippen LogP contribution in [0.1, 0.15) is 13.3 Å². The zero-order chi connectivity index (χ0) is 13.0. The second kappa shape index (κ2) is 5.68. The molecule has 1 atom stereocenters. The maximum absolute atomic E-state index is 10.9. The maximum atomic E-state index is 10.9. The third kappa shape index (κ3) is 2.89. The molecular weight excluding hydrogens is 252 g/mol. The van der Waals surface area contributed by atoms with Gasteiger partial charge >= 0.3 is 5.97 Å². The zero-order valence-corrected chi connectivity index (χ0v) is 10.6. The Kier molecular flexibility index (Phi) is 3.99. The molecular formula is C12H12N2O3S. The van der Waals surface area contributed by atoms with Gasteiger partial charge in [-0.15, -0.1) is 10.2 Å². The van der Waals surface area contributed by atoms with Crippen molar-refractivity contribution < 1.29 is 14.3 Å². The Morgan fingerprint density at radius 1 is 1.39 bits per heavy atom. The third-order valence-electron chi connectivity index (χ3n) is 2.32. The van der Waals surface area contributed by atoms with Gasteiger partial charge in [0.2, 0.25) is 5.89 Å². The first-order valence-corrected chi connectivity index (χ1v) is 6.37. The lowest BCUT2D eigenvalue weighted by Gasteiger charge is -2.04. The molecule has 0 spiro atoms. The monoisotopic (exact) mass is 264 g/mol. The fraction of sp³-hybridized carbons (Fsp3) is 0.250. The number of hydrogen-bond donors (Lipinski definition) is 1. The van der Waals surface area contributed by atoms with Crippen LogP contribution in [0.15, 0.2) is 40.0 Å². The van der Waals surface area contributed by atoms with Crippen molar-refractivity contribution in [1.29, 1.82) is 0 Å². The van der Waals surface area contributed by atoms with Crippen LogP contribution in [-0.2, 0) is 4.79 Å². The van der Waals surface area contributed by atoms with E-state index in [9.17, 15) is 4.79 Å². The van der Waals surface area contributed by atoms with Crippen molar-refractivity contribution >= 4 is 17.7 Å². The molecule has 0 unspecified atom stereocenters. The number of carbonyl (C=O) groups is 1. The molecule has 0 aliphatic carbocycles. The van der Waals surface area contributed by atoms with Crippen LogP contribution >= 0.6 is 11.8 Å². The summed E-state index contributed by atoms with van der Waals surface area (Å²) >= 11 is 1.07. The number of carboxylic acids is 1. The summed E-state index contributed by atoms with van der Waals surface area (Å²) in [5, 5.41) is 16.4. The number of aliphatic carboxylic acids is 1. The Labute approximate surface area is 108 Å². The molecule has 94 valence electrons. The molecule has 1 heterocycles. The Bertz CT molecular complexity index is 527. The number of thioether (sulfide) groups is 1. The van der Waals surface area contributed by atoms with Gasteiger partial charge in [0.1, 0.15) is 5.25 Å². The van der Waals surface area contributed by atoms with Crippen LogP contribution in [0.5, 0.6) is 0 Å². The Balaban J connectivity index is 2.14. The van der Waals surface area contributed by atoms with Gasteiger partial charge < -0.3 is 9.52 Å². The molecule has 0 saturated carbocycles. The lowest BCUT2D eigenvalue weighted by Crippen LogP contribution is -2.14. The molecule has 0 radical (unpaired) electrons. The minimum absolute atomic E-state index is 0.281. The first kappa shape index (κ1) is 12.6. The lowest BCUT2D eigenvalue weighted by molar-refractivity contribution is -0.136. The summed E-state index contributed by atoms with van der Waals surface area (Å²) in [7, 11) is 0. The molecule has 0 aliphatic heterocycles. The summed E-state index contributed by atoms with van der Waals surface area (Å²) in [4.78, 5) is 10.9. The minimum atomic E-state index is -0.873. The van der Waals surface area contributed by atoms with Gasteiger partial charge in [0.25, 0.3) is 5.22 Å². The van der Waals surface area contributed by atoms with Gasteiger partial charge in [0.15, 0.2) is 0 Å². The number of hydrogen-bond acceptors (Lipinski definition) is 5. The highest BCUT2D eigenvalue weighted by Crippen LogP contribution is 2.27. The quantitative estimate of drug-likeness (QED) is 0.837. The molecule has 0 aliphatic rings. The molecule has 6 heteroatoms. The second-order valence-electron chi connectivity index (χ2n) is 3.59. The van der Waals surface area contributed by atoms with Crippen molar-refractivity contribution in [1.82, 2.24) is 10.2 Å². The SMILES string of the molecule is CC[C@H](Sc1nnc(-c2ccccc2)o1)C(=O)O. The van der Waals surface area contributed by atoms with Crippen molar-refractivity contribution in [3.05, 3.63) is 30.3 Å². The molecule has 1 aromatic heterocycles. The third-order valence-corrected chi connectivity index (χ3v) is 3.50. The largest absolute Gasteiger partial charge is 0.480 e. The molecule has 0 bridgehead atoms. The highest BCUT2D eigenvalue weighted by atomic mass is 32.2. The topological polar surface area (TPSA) is 76.2 Å². The van der Waals surface area contributed by atoms with E-state index in [4.69, 9.17) is 9.52 Å². The van der Waals surface area contributed by atoms with Gasteiger partial charge in [-0.05, 0) is 18.6 Å². The number of aromatic nitrogens is 2. The standard InChI is InChI=1S/C12H12N2O3S/c1-2-9(11(15)16)18-12-14-13-10(17-12)8-6-4-3-5-7-8/h3-7,9H,2H2,1H3,(H,15,16)/t9-/m0/s1. The number of rotatable bonds is 5. The van der Waals surface area contributed by atoms with Crippen LogP contribution in [-0.4, -0.2) is 26.5 Å². The predicted molar refractivity (Wildman–Crippen MR) is 67.3 cm³/mol.